The Morgan fingerprint density at radius 3 is 2.39 bits per heavy atom. The molecule has 4 N–H and O–H groups in total. The molecule has 1 aromatic carbocycles. The van der Waals surface area contributed by atoms with Crippen LogP contribution in [-0.4, -0.2) is 5.66 Å². The average molecular weight is 242 g/mol. The Labute approximate surface area is 109 Å². The van der Waals surface area contributed by atoms with E-state index in [1.165, 1.54) is 22.3 Å². The second-order valence-corrected chi connectivity index (χ2v) is 5.37. The van der Waals surface area contributed by atoms with E-state index in [1.54, 1.807) is 0 Å². The van der Waals surface area contributed by atoms with Gasteiger partial charge in [-0.05, 0) is 56.0 Å². The summed E-state index contributed by atoms with van der Waals surface area (Å²) in [4.78, 5) is 0. The highest BCUT2D eigenvalue weighted by molar-refractivity contribution is 5.48. The predicted molar refractivity (Wildman–Crippen MR) is 77.3 cm³/mol. The van der Waals surface area contributed by atoms with Gasteiger partial charge in [-0.3, -0.25) is 0 Å². The van der Waals surface area contributed by atoms with Gasteiger partial charge in [-0.1, -0.05) is 29.8 Å². The first-order chi connectivity index (χ1) is 8.34. The number of benzene rings is 1. The van der Waals surface area contributed by atoms with Gasteiger partial charge in [0.1, 0.15) is 5.66 Å². The number of rotatable bonds is 1. The van der Waals surface area contributed by atoms with Crippen LogP contribution in [0.3, 0.4) is 0 Å². The lowest BCUT2D eigenvalue weighted by atomic mass is 9.78. The lowest BCUT2D eigenvalue weighted by Gasteiger charge is -2.32. The fourth-order valence-corrected chi connectivity index (χ4v) is 2.55. The van der Waals surface area contributed by atoms with E-state index in [-0.39, 0.29) is 0 Å². The maximum absolute atomic E-state index is 6.05. The Kier molecular flexibility index (Phi) is 3.18. The molecule has 2 rings (SSSR count). The molecule has 2 nitrogen and oxygen atoms in total. The van der Waals surface area contributed by atoms with Crippen molar-refractivity contribution in [2.24, 2.45) is 11.5 Å². The molecule has 0 heterocycles. The molecule has 0 amide bonds. The minimum absolute atomic E-state index is 0.296. The number of allylic oxidation sites excluding steroid dienone is 2. The van der Waals surface area contributed by atoms with Crippen LogP contribution in [0.5, 0.6) is 0 Å². The van der Waals surface area contributed by atoms with Crippen molar-refractivity contribution < 1.29 is 0 Å². The van der Waals surface area contributed by atoms with Gasteiger partial charge in [0.25, 0.3) is 0 Å². The molecular weight excluding hydrogens is 220 g/mol. The van der Waals surface area contributed by atoms with Gasteiger partial charge in [-0.2, -0.15) is 0 Å². The highest BCUT2D eigenvalue weighted by Crippen LogP contribution is 2.36. The molecule has 0 aromatic heterocycles. The topological polar surface area (TPSA) is 52.0 Å². The standard InChI is InChI=1S/C16H22N2/c1-10-6-5-7-14(11(10)2)15-8-9-16(17,18)13(4)12(15)3/h5-9,15H,17-18H2,1-4H3. The molecule has 1 atom stereocenters. The van der Waals surface area contributed by atoms with Crippen molar-refractivity contribution in [3.63, 3.8) is 0 Å². The van der Waals surface area contributed by atoms with Crippen LogP contribution >= 0.6 is 0 Å². The summed E-state index contributed by atoms with van der Waals surface area (Å²) in [5.74, 6) is 0.296. The van der Waals surface area contributed by atoms with Gasteiger partial charge in [0, 0.05) is 5.92 Å². The van der Waals surface area contributed by atoms with Gasteiger partial charge >= 0.3 is 0 Å². The maximum atomic E-state index is 6.05. The number of nitrogens with two attached hydrogens (primary N) is 2. The van der Waals surface area contributed by atoms with E-state index in [4.69, 9.17) is 11.5 Å². The third kappa shape index (κ3) is 2.02. The molecule has 0 spiro atoms. The molecule has 0 saturated heterocycles. The molecule has 18 heavy (non-hydrogen) atoms. The van der Waals surface area contributed by atoms with Crippen molar-refractivity contribution in [1.82, 2.24) is 0 Å². The Morgan fingerprint density at radius 2 is 1.72 bits per heavy atom. The maximum Gasteiger partial charge on any atom is 0.105 e. The molecule has 0 bridgehead atoms. The first kappa shape index (κ1) is 13.1. The molecule has 0 fully saturated rings. The van der Waals surface area contributed by atoms with Crippen molar-refractivity contribution in [3.05, 3.63) is 58.2 Å². The van der Waals surface area contributed by atoms with Crippen LogP contribution in [0.15, 0.2) is 41.5 Å². The van der Waals surface area contributed by atoms with E-state index >= 15 is 0 Å². The van der Waals surface area contributed by atoms with Crippen LogP contribution in [0.2, 0.25) is 0 Å². The first-order valence-electron chi connectivity index (χ1n) is 6.35. The zero-order valence-electron chi connectivity index (χ0n) is 11.6. The zero-order valence-corrected chi connectivity index (χ0v) is 11.6. The van der Waals surface area contributed by atoms with E-state index in [0.717, 1.165) is 5.57 Å². The monoisotopic (exact) mass is 242 g/mol. The van der Waals surface area contributed by atoms with Crippen LogP contribution in [0.1, 0.15) is 36.5 Å². The molecule has 96 valence electrons. The Balaban J connectivity index is 2.51. The van der Waals surface area contributed by atoms with Crippen molar-refractivity contribution in [3.8, 4) is 0 Å². The summed E-state index contributed by atoms with van der Waals surface area (Å²) in [7, 11) is 0. The second-order valence-electron chi connectivity index (χ2n) is 5.37. The Bertz CT molecular complexity index is 536. The molecular formula is C16H22N2. The number of aryl methyl sites for hydroxylation is 1. The molecule has 0 aliphatic heterocycles. The average Bonchev–Trinajstić information content (AvgIpc) is 2.31. The van der Waals surface area contributed by atoms with E-state index in [0.29, 0.717) is 5.92 Å². The lowest BCUT2D eigenvalue weighted by Crippen LogP contribution is -2.50. The zero-order chi connectivity index (χ0) is 13.5. The van der Waals surface area contributed by atoms with Gasteiger partial charge in [0.15, 0.2) is 0 Å². The highest BCUT2D eigenvalue weighted by Gasteiger charge is 2.28. The van der Waals surface area contributed by atoms with E-state index < -0.39 is 5.66 Å². The third-order valence-corrected chi connectivity index (χ3v) is 4.25. The lowest BCUT2D eigenvalue weighted by molar-refractivity contribution is 0.615. The fraction of sp³-hybridized carbons (Fsp3) is 0.375. The number of hydrogen-bond acceptors (Lipinski definition) is 2. The van der Waals surface area contributed by atoms with Crippen molar-refractivity contribution >= 4 is 0 Å². The van der Waals surface area contributed by atoms with E-state index in [1.807, 2.05) is 13.0 Å². The van der Waals surface area contributed by atoms with E-state index in [9.17, 15) is 0 Å². The summed E-state index contributed by atoms with van der Waals surface area (Å²) in [5.41, 5.74) is 17.7. The third-order valence-electron chi connectivity index (χ3n) is 4.25. The summed E-state index contributed by atoms with van der Waals surface area (Å²) in [5, 5.41) is 0. The first-order valence-corrected chi connectivity index (χ1v) is 6.35. The summed E-state index contributed by atoms with van der Waals surface area (Å²) < 4.78 is 0. The minimum atomic E-state index is -0.793. The molecule has 1 aliphatic carbocycles. The summed E-state index contributed by atoms with van der Waals surface area (Å²) >= 11 is 0. The fourth-order valence-electron chi connectivity index (χ4n) is 2.55. The van der Waals surface area contributed by atoms with Crippen LogP contribution in [0, 0.1) is 13.8 Å². The van der Waals surface area contributed by atoms with Crippen molar-refractivity contribution in [2.75, 3.05) is 0 Å². The molecule has 1 unspecified atom stereocenters. The second kappa shape index (κ2) is 4.38. The van der Waals surface area contributed by atoms with Gasteiger partial charge < -0.3 is 11.5 Å². The number of hydrogen-bond donors (Lipinski definition) is 2. The van der Waals surface area contributed by atoms with Gasteiger partial charge in [0.05, 0.1) is 0 Å². The largest absolute Gasteiger partial charge is 0.307 e. The van der Waals surface area contributed by atoms with Crippen LogP contribution in [-0.2, 0) is 0 Å². The van der Waals surface area contributed by atoms with Crippen molar-refractivity contribution in [1.29, 1.82) is 0 Å². The van der Waals surface area contributed by atoms with Crippen molar-refractivity contribution in [2.45, 2.75) is 39.3 Å². The molecule has 0 saturated carbocycles. The molecule has 0 radical (unpaired) electrons. The minimum Gasteiger partial charge on any atom is -0.307 e. The van der Waals surface area contributed by atoms with Gasteiger partial charge in [-0.25, -0.2) is 0 Å². The summed E-state index contributed by atoms with van der Waals surface area (Å²) in [6.45, 7) is 8.47. The van der Waals surface area contributed by atoms with Crippen LogP contribution in [0.25, 0.3) is 0 Å². The Morgan fingerprint density at radius 1 is 1.06 bits per heavy atom. The van der Waals surface area contributed by atoms with Crippen LogP contribution < -0.4 is 11.5 Å². The molecule has 1 aromatic rings. The molecule has 1 aliphatic rings. The SMILES string of the molecule is CC1=C(C)C(N)(N)C=CC1c1cccc(C)c1C. The summed E-state index contributed by atoms with van der Waals surface area (Å²) in [6, 6.07) is 6.45. The quantitative estimate of drug-likeness (QED) is 0.587. The highest BCUT2D eigenvalue weighted by atomic mass is 14.9. The van der Waals surface area contributed by atoms with E-state index in [2.05, 4.69) is 45.0 Å². The van der Waals surface area contributed by atoms with Gasteiger partial charge in [0.2, 0.25) is 0 Å². The Hall–Kier alpha value is -1.38. The normalized spacial score (nSPS) is 22.4. The summed E-state index contributed by atoms with van der Waals surface area (Å²) in [6.07, 6.45) is 4.05. The van der Waals surface area contributed by atoms with Crippen LogP contribution in [0.4, 0.5) is 0 Å². The smallest absolute Gasteiger partial charge is 0.105 e. The molecule has 2 heteroatoms. The van der Waals surface area contributed by atoms with Gasteiger partial charge in [-0.15, -0.1) is 0 Å². The predicted octanol–water partition coefficient (Wildman–Crippen LogP) is 2.91.